The van der Waals surface area contributed by atoms with Gasteiger partial charge in [-0.2, -0.15) is 0 Å². The molecule has 0 atom stereocenters. The molecule has 2 aliphatic rings. The van der Waals surface area contributed by atoms with Crippen LogP contribution >= 0.6 is 0 Å². The van der Waals surface area contributed by atoms with Crippen LogP contribution in [0.25, 0.3) is 0 Å². The Hall–Kier alpha value is -0.860. The van der Waals surface area contributed by atoms with Crippen molar-refractivity contribution in [2.24, 2.45) is 5.92 Å². The van der Waals surface area contributed by atoms with Gasteiger partial charge in [0.05, 0.1) is 0 Å². The molecule has 1 N–H and O–H groups in total. The topological polar surface area (TPSA) is 15.3 Å². The molecule has 0 bridgehead atoms. The minimum Gasteiger partial charge on any atom is -0.317 e. The van der Waals surface area contributed by atoms with Crippen LogP contribution in [0.4, 0.5) is 0 Å². The van der Waals surface area contributed by atoms with Crippen molar-refractivity contribution in [2.45, 2.75) is 32.9 Å². The molecule has 0 amide bonds. The summed E-state index contributed by atoms with van der Waals surface area (Å²) in [6.07, 6.45) is 2.71. The highest BCUT2D eigenvalue weighted by Crippen LogP contribution is 2.25. The number of nitrogens with zero attached hydrogens (tertiary/aromatic N) is 1. The van der Waals surface area contributed by atoms with Gasteiger partial charge in [-0.3, -0.25) is 4.90 Å². The first-order valence-electron chi connectivity index (χ1n) is 6.83. The highest BCUT2D eigenvalue weighted by Gasteiger charge is 2.22. The molecule has 1 fully saturated rings. The Morgan fingerprint density at radius 3 is 2.76 bits per heavy atom. The number of hydrogen-bond acceptors (Lipinski definition) is 2. The molecule has 17 heavy (non-hydrogen) atoms. The molecule has 2 nitrogen and oxygen atoms in total. The van der Waals surface area contributed by atoms with E-state index in [2.05, 4.69) is 35.3 Å². The molecule has 0 unspecified atom stereocenters. The second-order valence-electron chi connectivity index (χ2n) is 5.64. The third-order valence-corrected chi connectivity index (χ3v) is 4.12. The minimum atomic E-state index is 0.909. The van der Waals surface area contributed by atoms with Crippen LogP contribution in [0.3, 0.4) is 0 Å². The zero-order chi connectivity index (χ0) is 11.7. The number of rotatable bonds is 2. The van der Waals surface area contributed by atoms with Gasteiger partial charge in [0.15, 0.2) is 0 Å². The predicted molar refractivity (Wildman–Crippen MR) is 70.9 cm³/mol. The van der Waals surface area contributed by atoms with Crippen molar-refractivity contribution in [3.8, 4) is 0 Å². The van der Waals surface area contributed by atoms with E-state index in [1.165, 1.54) is 51.1 Å². The Morgan fingerprint density at radius 1 is 1.18 bits per heavy atom. The van der Waals surface area contributed by atoms with Crippen molar-refractivity contribution in [1.82, 2.24) is 10.2 Å². The van der Waals surface area contributed by atoms with E-state index in [0.29, 0.717) is 0 Å². The maximum atomic E-state index is 3.45. The van der Waals surface area contributed by atoms with Crippen molar-refractivity contribution in [2.75, 3.05) is 19.6 Å². The van der Waals surface area contributed by atoms with Crippen LogP contribution in [0.2, 0.25) is 0 Å². The fraction of sp³-hybridized carbons (Fsp3) is 0.600. The molecule has 2 aliphatic heterocycles. The van der Waals surface area contributed by atoms with E-state index in [0.717, 1.165) is 5.92 Å². The zero-order valence-corrected chi connectivity index (χ0v) is 10.7. The summed E-state index contributed by atoms with van der Waals surface area (Å²) in [6.45, 7) is 8.24. The number of fused-ring (bicyclic) bond motifs is 1. The average Bonchev–Trinajstić information content (AvgIpc) is 2.71. The molecule has 0 saturated carbocycles. The summed E-state index contributed by atoms with van der Waals surface area (Å²) in [6, 6.07) is 6.91. The van der Waals surface area contributed by atoms with Crippen LogP contribution in [0.1, 0.15) is 29.5 Å². The summed E-state index contributed by atoms with van der Waals surface area (Å²) in [7, 11) is 0. The molecular formula is C15H22N2. The summed E-state index contributed by atoms with van der Waals surface area (Å²) in [5.74, 6) is 0.909. The van der Waals surface area contributed by atoms with E-state index in [-0.39, 0.29) is 0 Å². The first-order chi connectivity index (χ1) is 8.31. The number of piperidine rings is 1. The van der Waals surface area contributed by atoms with Crippen LogP contribution < -0.4 is 5.32 Å². The van der Waals surface area contributed by atoms with E-state index >= 15 is 0 Å². The summed E-state index contributed by atoms with van der Waals surface area (Å²) >= 11 is 0. The van der Waals surface area contributed by atoms with Gasteiger partial charge >= 0.3 is 0 Å². The van der Waals surface area contributed by atoms with Gasteiger partial charge < -0.3 is 5.32 Å². The SMILES string of the molecule is Cc1ccc2c(c1)CN(CC1CCNCC1)C2. The van der Waals surface area contributed by atoms with Crippen molar-refractivity contribution < 1.29 is 0 Å². The first kappa shape index (κ1) is 11.2. The first-order valence-corrected chi connectivity index (χ1v) is 6.83. The highest BCUT2D eigenvalue weighted by molar-refractivity contribution is 5.34. The van der Waals surface area contributed by atoms with E-state index in [1.807, 2.05) is 0 Å². The van der Waals surface area contributed by atoms with Gasteiger partial charge in [0.1, 0.15) is 0 Å². The maximum absolute atomic E-state index is 3.45. The zero-order valence-electron chi connectivity index (χ0n) is 10.7. The molecule has 1 aromatic rings. The predicted octanol–water partition coefficient (Wildman–Crippen LogP) is 2.31. The van der Waals surface area contributed by atoms with Gasteiger partial charge in [-0.1, -0.05) is 23.8 Å². The Kier molecular flexibility index (Phi) is 3.17. The lowest BCUT2D eigenvalue weighted by Crippen LogP contribution is -2.34. The third kappa shape index (κ3) is 2.53. The van der Waals surface area contributed by atoms with Gasteiger partial charge in [-0.05, 0) is 49.9 Å². The number of hydrogen-bond donors (Lipinski definition) is 1. The Labute approximate surface area is 104 Å². The molecule has 92 valence electrons. The van der Waals surface area contributed by atoms with Crippen LogP contribution in [0, 0.1) is 12.8 Å². The molecule has 2 heteroatoms. The van der Waals surface area contributed by atoms with Gasteiger partial charge in [-0.15, -0.1) is 0 Å². The molecule has 0 aromatic heterocycles. The number of benzene rings is 1. The second-order valence-corrected chi connectivity index (χ2v) is 5.64. The summed E-state index contributed by atoms with van der Waals surface area (Å²) < 4.78 is 0. The average molecular weight is 230 g/mol. The smallest absolute Gasteiger partial charge is 0.0240 e. The highest BCUT2D eigenvalue weighted by atomic mass is 15.1. The molecule has 2 heterocycles. The maximum Gasteiger partial charge on any atom is 0.0240 e. The summed E-state index contributed by atoms with van der Waals surface area (Å²) in [5, 5.41) is 3.45. The number of aryl methyl sites for hydroxylation is 1. The lowest BCUT2D eigenvalue weighted by Gasteiger charge is -2.27. The molecular weight excluding hydrogens is 208 g/mol. The molecule has 0 spiro atoms. The molecule has 1 aromatic carbocycles. The summed E-state index contributed by atoms with van der Waals surface area (Å²) in [5.41, 5.74) is 4.50. The van der Waals surface area contributed by atoms with Gasteiger partial charge in [0.2, 0.25) is 0 Å². The monoisotopic (exact) mass is 230 g/mol. The standard InChI is InChI=1S/C15H22N2/c1-12-2-3-14-10-17(11-15(14)8-12)9-13-4-6-16-7-5-13/h2-3,8,13,16H,4-7,9-11H2,1H3. The van der Waals surface area contributed by atoms with Crippen molar-refractivity contribution in [3.63, 3.8) is 0 Å². The summed E-state index contributed by atoms with van der Waals surface area (Å²) in [4.78, 5) is 2.63. The Bertz CT molecular complexity index is 394. The minimum absolute atomic E-state index is 0.909. The quantitative estimate of drug-likeness (QED) is 0.838. The fourth-order valence-corrected chi connectivity index (χ4v) is 3.15. The van der Waals surface area contributed by atoms with Crippen LogP contribution in [0.15, 0.2) is 18.2 Å². The van der Waals surface area contributed by atoms with Crippen molar-refractivity contribution >= 4 is 0 Å². The van der Waals surface area contributed by atoms with Gasteiger partial charge in [0.25, 0.3) is 0 Å². The van der Waals surface area contributed by atoms with E-state index in [9.17, 15) is 0 Å². The van der Waals surface area contributed by atoms with Crippen LogP contribution in [-0.4, -0.2) is 24.5 Å². The van der Waals surface area contributed by atoms with Crippen LogP contribution in [-0.2, 0) is 13.1 Å². The van der Waals surface area contributed by atoms with E-state index < -0.39 is 0 Å². The van der Waals surface area contributed by atoms with Gasteiger partial charge in [0, 0.05) is 19.6 Å². The normalized spacial score (nSPS) is 21.7. The molecule has 0 aliphatic carbocycles. The van der Waals surface area contributed by atoms with Gasteiger partial charge in [-0.25, -0.2) is 0 Å². The van der Waals surface area contributed by atoms with E-state index in [1.54, 1.807) is 11.1 Å². The second kappa shape index (κ2) is 4.79. The molecule has 1 saturated heterocycles. The van der Waals surface area contributed by atoms with Crippen molar-refractivity contribution in [1.29, 1.82) is 0 Å². The Balaban J connectivity index is 1.61. The lowest BCUT2D eigenvalue weighted by molar-refractivity contribution is 0.208. The Morgan fingerprint density at radius 2 is 1.94 bits per heavy atom. The largest absolute Gasteiger partial charge is 0.317 e. The third-order valence-electron chi connectivity index (χ3n) is 4.12. The van der Waals surface area contributed by atoms with E-state index in [4.69, 9.17) is 0 Å². The molecule has 0 radical (unpaired) electrons. The number of nitrogens with one attached hydrogen (secondary N) is 1. The lowest BCUT2D eigenvalue weighted by atomic mass is 9.98. The van der Waals surface area contributed by atoms with Crippen molar-refractivity contribution in [3.05, 3.63) is 34.9 Å². The fourth-order valence-electron chi connectivity index (χ4n) is 3.15. The molecule has 3 rings (SSSR count). The van der Waals surface area contributed by atoms with Crippen LogP contribution in [0.5, 0.6) is 0 Å².